The molecule has 0 atom stereocenters. The van der Waals surface area contributed by atoms with E-state index in [1.54, 1.807) is 6.92 Å². The lowest BCUT2D eigenvalue weighted by atomic mass is 10.9. The van der Waals surface area contributed by atoms with Crippen LogP contribution in [0.3, 0.4) is 0 Å². The molecule has 0 N–H and O–H groups in total. The van der Waals surface area contributed by atoms with E-state index in [1.165, 1.54) is 0 Å². The molecule has 0 aliphatic rings. The highest BCUT2D eigenvalue weighted by molar-refractivity contribution is 6.40. The zero-order valence-corrected chi connectivity index (χ0v) is 5.74. The van der Waals surface area contributed by atoms with Gasteiger partial charge in [-0.3, -0.25) is 0 Å². The van der Waals surface area contributed by atoms with Gasteiger partial charge in [-0.25, -0.2) is 4.79 Å². The molecule has 0 aliphatic heterocycles. The summed E-state index contributed by atoms with van der Waals surface area (Å²) < 4.78 is 4.66. The van der Waals surface area contributed by atoms with Crippen LogP contribution in [0.4, 0.5) is 4.79 Å². The highest BCUT2D eigenvalue weighted by Crippen LogP contribution is 2.00. The average molecular weight is 158 g/mol. The molecular formula is C3H5Cl2NO2. The molecule has 0 aliphatic carbocycles. The van der Waals surface area contributed by atoms with Crippen molar-refractivity contribution >= 4 is 29.6 Å². The van der Waals surface area contributed by atoms with E-state index in [2.05, 4.69) is 4.74 Å². The number of rotatable bonds is 1. The fraction of sp³-hybridized carbons (Fsp3) is 0.667. The van der Waals surface area contributed by atoms with Crippen LogP contribution in [-0.2, 0) is 4.74 Å². The van der Waals surface area contributed by atoms with Gasteiger partial charge in [0.1, 0.15) is 0 Å². The van der Waals surface area contributed by atoms with Crippen LogP contribution >= 0.6 is 23.6 Å². The molecule has 1 amide bonds. The van der Waals surface area contributed by atoms with Gasteiger partial charge in [0.05, 0.1) is 6.61 Å². The maximum Gasteiger partial charge on any atom is 0.439 e. The second-order valence-electron chi connectivity index (χ2n) is 0.932. The quantitative estimate of drug-likeness (QED) is 0.544. The van der Waals surface area contributed by atoms with Gasteiger partial charge < -0.3 is 4.74 Å². The van der Waals surface area contributed by atoms with E-state index in [-0.39, 0.29) is 6.61 Å². The first-order valence-electron chi connectivity index (χ1n) is 1.97. The Morgan fingerprint density at radius 1 is 1.75 bits per heavy atom. The molecule has 0 bridgehead atoms. The molecule has 0 fully saturated rings. The third kappa shape index (κ3) is 2.93. The van der Waals surface area contributed by atoms with Crippen LogP contribution in [0.25, 0.3) is 0 Å². The maximum atomic E-state index is 10.2. The zero-order valence-electron chi connectivity index (χ0n) is 4.23. The second kappa shape index (κ2) is 3.80. The molecular weight excluding hydrogens is 153 g/mol. The van der Waals surface area contributed by atoms with Crippen LogP contribution in [0.2, 0.25) is 0 Å². The average Bonchev–Trinajstić information content (AvgIpc) is 1.67. The van der Waals surface area contributed by atoms with E-state index in [9.17, 15) is 4.79 Å². The van der Waals surface area contributed by atoms with E-state index in [4.69, 9.17) is 23.6 Å². The van der Waals surface area contributed by atoms with Crippen molar-refractivity contribution in [1.82, 2.24) is 3.94 Å². The summed E-state index contributed by atoms with van der Waals surface area (Å²) >= 11 is 9.86. The Morgan fingerprint density at radius 2 is 2.25 bits per heavy atom. The standard InChI is InChI=1S/C3H5Cl2NO2/c1-2-8-3(7)6(4)5/h2H2,1H3. The summed E-state index contributed by atoms with van der Waals surface area (Å²) in [6, 6.07) is 0. The molecule has 8 heavy (non-hydrogen) atoms. The predicted molar refractivity (Wildman–Crippen MR) is 30.6 cm³/mol. The largest absolute Gasteiger partial charge is 0.448 e. The second-order valence-corrected chi connectivity index (χ2v) is 1.78. The smallest absolute Gasteiger partial charge is 0.439 e. The van der Waals surface area contributed by atoms with Crippen molar-refractivity contribution in [1.29, 1.82) is 0 Å². The highest BCUT2D eigenvalue weighted by Gasteiger charge is 2.06. The van der Waals surface area contributed by atoms with Crippen LogP contribution in [0.15, 0.2) is 0 Å². The molecule has 0 aromatic heterocycles. The highest BCUT2D eigenvalue weighted by atomic mass is 35.5. The van der Waals surface area contributed by atoms with Gasteiger partial charge >= 0.3 is 6.09 Å². The molecule has 0 saturated heterocycles. The van der Waals surface area contributed by atoms with Crippen molar-refractivity contribution < 1.29 is 9.53 Å². The Labute approximate surface area is 57.3 Å². The minimum atomic E-state index is -0.754. The molecule has 0 rings (SSSR count). The van der Waals surface area contributed by atoms with Gasteiger partial charge in [-0.15, -0.1) is 3.94 Å². The number of amides is 1. The first-order valence-corrected chi connectivity index (χ1v) is 2.64. The molecule has 0 aromatic rings. The molecule has 5 heteroatoms. The van der Waals surface area contributed by atoms with E-state index in [0.717, 1.165) is 0 Å². The lowest BCUT2D eigenvalue weighted by molar-refractivity contribution is 0.146. The number of carbonyl (C=O) groups excluding carboxylic acids is 1. The Kier molecular flexibility index (Phi) is 3.73. The third-order valence-electron chi connectivity index (χ3n) is 0.406. The third-order valence-corrected chi connectivity index (χ3v) is 0.682. The number of halogens is 2. The molecule has 0 unspecified atom stereocenters. The lowest BCUT2D eigenvalue weighted by Gasteiger charge is -2.01. The summed E-state index contributed by atoms with van der Waals surface area (Å²) in [6.07, 6.45) is -0.754. The van der Waals surface area contributed by atoms with Crippen LogP contribution < -0.4 is 0 Å². The minimum Gasteiger partial charge on any atom is -0.448 e. The van der Waals surface area contributed by atoms with Crippen LogP contribution in [0.1, 0.15) is 6.92 Å². The molecule has 0 aromatic carbocycles. The van der Waals surface area contributed by atoms with E-state index < -0.39 is 6.09 Å². The van der Waals surface area contributed by atoms with Gasteiger partial charge in [0.15, 0.2) is 0 Å². The van der Waals surface area contributed by atoms with E-state index in [0.29, 0.717) is 3.94 Å². The zero-order chi connectivity index (χ0) is 6.57. The molecule has 0 saturated carbocycles. The van der Waals surface area contributed by atoms with Crippen LogP contribution in [-0.4, -0.2) is 16.6 Å². The Hall–Kier alpha value is -0.150. The van der Waals surface area contributed by atoms with Crippen LogP contribution in [0.5, 0.6) is 0 Å². The molecule has 0 radical (unpaired) electrons. The van der Waals surface area contributed by atoms with Gasteiger partial charge in [0, 0.05) is 23.6 Å². The van der Waals surface area contributed by atoms with E-state index >= 15 is 0 Å². The fourth-order valence-electron chi connectivity index (χ4n) is 0.172. The fourth-order valence-corrected chi connectivity index (χ4v) is 0.270. The minimum absolute atomic E-state index is 0.273. The summed E-state index contributed by atoms with van der Waals surface area (Å²) in [6.45, 7) is 1.93. The molecule has 0 spiro atoms. The van der Waals surface area contributed by atoms with Crippen molar-refractivity contribution in [2.24, 2.45) is 0 Å². The lowest BCUT2D eigenvalue weighted by Crippen LogP contribution is -2.12. The van der Waals surface area contributed by atoms with Crippen molar-refractivity contribution in [2.75, 3.05) is 6.61 Å². The van der Waals surface area contributed by atoms with Gasteiger partial charge in [-0.1, -0.05) is 0 Å². The monoisotopic (exact) mass is 157 g/mol. The number of nitrogens with zero attached hydrogens (tertiary/aromatic N) is 1. The summed E-state index contributed by atoms with van der Waals surface area (Å²) in [7, 11) is 0. The number of hydrogen-bond acceptors (Lipinski definition) is 2. The maximum absolute atomic E-state index is 10.2. The summed E-state index contributed by atoms with van der Waals surface area (Å²) in [5.41, 5.74) is 0. The van der Waals surface area contributed by atoms with Crippen LogP contribution in [0, 0.1) is 0 Å². The van der Waals surface area contributed by atoms with Gasteiger partial charge in [-0.05, 0) is 6.92 Å². The number of hydrogen-bond donors (Lipinski definition) is 0. The van der Waals surface area contributed by atoms with E-state index in [1.807, 2.05) is 0 Å². The van der Waals surface area contributed by atoms with Gasteiger partial charge in [0.2, 0.25) is 0 Å². The summed E-state index contributed by atoms with van der Waals surface area (Å²) in [5, 5.41) is 0. The number of ether oxygens (including phenoxy) is 1. The topological polar surface area (TPSA) is 29.5 Å². The summed E-state index contributed by atoms with van der Waals surface area (Å²) in [5.74, 6) is 0. The van der Waals surface area contributed by atoms with Crippen molar-refractivity contribution in [3.63, 3.8) is 0 Å². The van der Waals surface area contributed by atoms with Crippen molar-refractivity contribution in [3.05, 3.63) is 0 Å². The molecule has 3 nitrogen and oxygen atoms in total. The Bertz CT molecular complexity index is 85.4. The normalized spacial score (nSPS) is 8.38. The Morgan fingerprint density at radius 3 is 2.38 bits per heavy atom. The summed E-state index contributed by atoms with van der Waals surface area (Å²) in [4.78, 5) is 10.2. The van der Waals surface area contributed by atoms with Crippen molar-refractivity contribution in [3.8, 4) is 0 Å². The Balaban J connectivity index is 3.33. The first kappa shape index (κ1) is 7.85. The first-order chi connectivity index (χ1) is 3.68. The van der Waals surface area contributed by atoms with Gasteiger partial charge in [-0.2, -0.15) is 0 Å². The SMILES string of the molecule is CCOC(=O)N(Cl)Cl. The number of carbonyl (C=O) groups is 1. The van der Waals surface area contributed by atoms with Gasteiger partial charge in [0.25, 0.3) is 0 Å². The predicted octanol–water partition coefficient (Wildman–Crippen LogP) is 1.75. The molecule has 0 heterocycles. The van der Waals surface area contributed by atoms with Crippen molar-refractivity contribution in [2.45, 2.75) is 6.92 Å². The molecule has 48 valence electrons.